The van der Waals surface area contributed by atoms with Crippen LogP contribution in [0, 0.1) is 0 Å². The highest BCUT2D eigenvalue weighted by Gasteiger charge is 2.17. The van der Waals surface area contributed by atoms with Gasteiger partial charge in [0, 0.05) is 10.9 Å². The van der Waals surface area contributed by atoms with Crippen molar-refractivity contribution in [1.82, 2.24) is 0 Å². The van der Waals surface area contributed by atoms with Crippen LogP contribution in [0.25, 0.3) is 10.8 Å². The second kappa shape index (κ2) is 5.14. The molecular formula is C16H16O3. The molecule has 0 atom stereocenters. The first kappa shape index (κ1) is 13.1. The van der Waals surface area contributed by atoms with Crippen LogP contribution in [0.5, 0.6) is 5.75 Å². The van der Waals surface area contributed by atoms with Crippen LogP contribution in [0.4, 0.5) is 0 Å². The summed E-state index contributed by atoms with van der Waals surface area (Å²) in [6.07, 6.45) is 1.14. The van der Waals surface area contributed by atoms with E-state index in [1.807, 2.05) is 19.1 Å². The van der Waals surface area contributed by atoms with Crippen LogP contribution in [-0.4, -0.2) is 16.2 Å². The van der Waals surface area contributed by atoms with Crippen molar-refractivity contribution in [1.29, 1.82) is 0 Å². The summed E-state index contributed by atoms with van der Waals surface area (Å²) in [5.74, 6) is -0.950. The van der Waals surface area contributed by atoms with Gasteiger partial charge in [0.15, 0.2) is 0 Å². The standard InChI is InChI=1S/C16H16O3/c1-10(2)7-8-13-14(16(18)19)9-11-5-3-4-6-12(11)15(13)17/h3-6,9,17H,1,7-8H2,2H3,(H,18,19). The Morgan fingerprint density at radius 2 is 2.00 bits per heavy atom. The van der Waals surface area contributed by atoms with Crippen molar-refractivity contribution in [2.75, 3.05) is 0 Å². The van der Waals surface area contributed by atoms with E-state index in [4.69, 9.17) is 0 Å². The Hall–Kier alpha value is -2.29. The van der Waals surface area contributed by atoms with Crippen molar-refractivity contribution >= 4 is 16.7 Å². The predicted octanol–water partition coefficient (Wildman–Crippen LogP) is 3.75. The molecule has 0 aliphatic heterocycles. The molecule has 19 heavy (non-hydrogen) atoms. The summed E-state index contributed by atoms with van der Waals surface area (Å²) in [5.41, 5.74) is 1.61. The first-order valence-corrected chi connectivity index (χ1v) is 6.12. The summed E-state index contributed by atoms with van der Waals surface area (Å²) in [6.45, 7) is 5.70. The topological polar surface area (TPSA) is 57.5 Å². The molecule has 98 valence electrons. The highest BCUT2D eigenvalue weighted by Crippen LogP contribution is 2.33. The Morgan fingerprint density at radius 3 is 2.63 bits per heavy atom. The number of rotatable bonds is 4. The molecule has 0 aliphatic carbocycles. The molecule has 2 aromatic carbocycles. The first-order valence-electron chi connectivity index (χ1n) is 6.12. The van der Waals surface area contributed by atoms with Crippen LogP contribution in [0.3, 0.4) is 0 Å². The lowest BCUT2D eigenvalue weighted by Gasteiger charge is -2.12. The van der Waals surface area contributed by atoms with Crippen molar-refractivity contribution in [3.8, 4) is 5.75 Å². The number of allylic oxidation sites excluding steroid dienone is 1. The minimum Gasteiger partial charge on any atom is -0.507 e. The molecule has 0 saturated carbocycles. The SMILES string of the molecule is C=C(C)CCc1c(C(=O)O)cc2ccccc2c1O. The van der Waals surface area contributed by atoms with Gasteiger partial charge in [-0.3, -0.25) is 0 Å². The Bertz CT molecular complexity index is 656. The number of hydrogen-bond donors (Lipinski definition) is 2. The third-order valence-electron chi connectivity index (χ3n) is 3.16. The smallest absolute Gasteiger partial charge is 0.336 e. The Kier molecular flexibility index (Phi) is 3.56. The van der Waals surface area contributed by atoms with Gasteiger partial charge in [-0.05, 0) is 31.2 Å². The fraction of sp³-hybridized carbons (Fsp3) is 0.188. The summed E-state index contributed by atoms with van der Waals surface area (Å²) in [5, 5.41) is 21.0. The molecule has 0 heterocycles. The second-order valence-electron chi connectivity index (χ2n) is 4.73. The maximum absolute atomic E-state index is 11.3. The number of aromatic carboxylic acids is 1. The van der Waals surface area contributed by atoms with E-state index < -0.39 is 5.97 Å². The molecular weight excluding hydrogens is 240 g/mol. The van der Waals surface area contributed by atoms with Crippen molar-refractivity contribution in [3.63, 3.8) is 0 Å². The molecule has 0 spiro atoms. The molecule has 0 bridgehead atoms. The van der Waals surface area contributed by atoms with Crippen molar-refractivity contribution in [2.24, 2.45) is 0 Å². The normalized spacial score (nSPS) is 10.6. The summed E-state index contributed by atoms with van der Waals surface area (Å²) < 4.78 is 0. The van der Waals surface area contributed by atoms with Gasteiger partial charge in [0.05, 0.1) is 5.56 Å². The Labute approximate surface area is 111 Å². The highest BCUT2D eigenvalue weighted by atomic mass is 16.4. The van der Waals surface area contributed by atoms with E-state index in [1.54, 1.807) is 18.2 Å². The third kappa shape index (κ3) is 2.60. The maximum atomic E-state index is 11.3. The van der Waals surface area contributed by atoms with Crippen LogP contribution in [0.15, 0.2) is 42.5 Å². The molecule has 0 radical (unpaired) electrons. The van der Waals surface area contributed by atoms with Gasteiger partial charge in [0.25, 0.3) is 0 Å². The number of carbonyl (C=O) groups is 1. The Balaban J connectivity index is 2.63. The van der Waals surface area contributed by atoms with E-state index in [0.717, 1.165) is 11.0 Å². The van der Waals surface area contributed by atoms with E-state index in [2.05, 4.69) is 6.58 Å². The van der Waals surface area contributed by atoms with Crippen molar-refractivity contribution in [2.45, 2.75) is 19.8 Å². The zero-order valence-corrected chi connectivity index (χ0v) is 10.8. The molecule has 0 saturated heterocycles. The third-order valence-corrected chi connectivity index (χ3v) is 3.16. The molecule has 2 rings (SSSR count). The number of benzene rings is 2. The zero-order valence-electron chi connectivity index (χ0n) is 10.8. The lowest BCUT2D eigenvalue weighted by molar-refractivity contribution is 0.0695. The van der Waals surface area contributed by atoms with Crippen LogP contribution in [0.2, 0.25) is 0 Å². The summed E-state index contributed by atoms with van der Waals surface area (Å²) in [6, 6.07) is 8.85. The van der Waals surface area contributed by atoms with Crippen LogP contribution in [0.1, 0.15) is 29.3 Å². The number of hydrogen-bond acceptors (Lipinski definition) is 2. The largest absolute Gasteiger partial charge is 0.507 e. The van der Waals surface area contributed by atoms with E-state index in [9.17, 15) is 15.0 Å². The number of carboxylic acids is 1. The minimum atomic E-state index is -1.02. The molecule has 0 aliphatic rings. The predicted molar refractivity (Wildman–Crippen MR) is 75.7 cm³/mol. The van der Waals surface area contributed by atoms with Crippen LogP contribution < -0.4 is 0 Å². The van der Waals surface area contributed by atoms with Crippen molar-refractivity contribution in [3.05, 3.63) is 53.6 Å². The van der Waals surface area contributed by atoms with Gasteiger partial charge in [-0.1, -0.05) is 29.8 Å². The minimum absolute atomic E-state index is 0.0664. The second-order valence-corrected chi connectivity index (χ2v) is 4.73. The molecule has 2 aromatic rings. The zero-order chi connectivity index (χ0) is 14.0. The van der Waals surface area contributed by atoms with Gasteiger partial charge in [0.1, 0.15) is 5.75 Å². The summed E-state index contributed by atoms with van der Waals surface area (Å²) in [4.78, 5) is 11.3. The van der Waals surface area contributed by atoms with Gasteiger partial charge in [-0.2, -0.15) is 0 Å². The van der Waals surface area contributed by atoms with E-state index >= 15 is 0 Å². The number of phenols is 1. The lowest BCUT2D eigenvalue weighted by atomic mass is 9.95. The molecule has 3 nitrogen and oxygen atoms in total. The monoisotopic (exact) mass is 256 g/mol. The fourth-order valence-corrected chi connectivity index (χ4v) is 2.15. The highest BCUT2D eigenvalue weighted by molar-refractivity contribution is 5.99. The molecule has 0 aromatic heterocycles. The molecule has 3 heteroatoms. The lowest BCUT2D eigenvalue weighted by Crippen LogP contribution is -2.03. The van der Waals surface area contributed by atoms with E-state index in [-0.39, 0.29) is 11.3 Å². The van der Waals surface area contributed by atoms with E-state index in [1.165, 1.54) is 0 Å². The number of aromatic hydroxyl groups is 1. The number of fused-ring (bicyclic) bond motifs is 1. The summed E-state index contributed by atoms with van der Waals surface area (Å²) >= 11 is 0. The van der Waals surface area contributed by atoms with Gasteiger partial charge in [-0.15, -0.1) is 6.58 Å². The van der Waals surface area contributed by atoms with Gasteiger partial charge in [0.2, 0.25) is 0 Å². The summed E-state index contributed by atoms with van der Waals surface area (Å²) in [7, 11) is 0. The van der Waals surface area contributed by atoms with Crippen LogP contribution in [-0.2, 0) is 6.42 Å². The quantitative estimate of drug-likeness (QED) is 0.819. The first-order chi connectivity index (χ1) is 9.00. The number of phenolic OH excluding ortho intramolecular Hbond substituents is 1. The van der Waals surface area contributed by atoms with Gasteiger partial charge < -0.3 is 10.2 Å². The van der Waals surface area contributed by atoms with Crippen LogP contribution >= 0.6 is 0 Å². The molecule has 0 amide bonds. The molecule has 0 fully saturated rings. The Morgan fingerprint density at radius 1 is 1.32 bits per heavy atom. The average molecular weight is 256 g/mol. The number of carboxylic acid groups (broad SMARTS) is 1. The molecule has 2 N–H and O–H groups in total. The fourth-order valence-electron chi connectivity index (χ4n) is 2.15. The van der Waals surface area contributed by atoms with Crippen molar-refractivity contribution < 1.29 is 15.0 Å². The van der Waals surface area contributed by atoms with E-state index in [0.29, 0.717) is 23.8 Å². The average Bonchev–Trinajstić information content (AvgIpc) is 2.37. The molecule has 0 unspecified atom stereocenters. The van der Waals surface area contributed by atoms with Gasteiger partial charge >= 0.3 is 5.97 Å². The maximum Gasteiger partial charge on any atom is 0.336 e. The van der Waals surface area contributed by atoms with Gasteiger partial charge in [-0.25, -0.2) is 4.79 Å².